The van der Waals surface area contributed by atoms with Crippen molar-refractivity contribution in [2.75, 3.05) is 6.54 Å². The summed E-state index contributed by atoms with van der Waals surface area (Å²) in [6.45, 7) is 2.26. The van der Waals surface area contributed by atoms with Gasteiger partial charge >= 0.3 is 0 Å². The Labute approximate surface area is 143 Å². The van der Waals surface area contributed by atoms with E-state index >= 15 is 0 Å². The van der Waals surface area contributed by atoms with Crippen LogP contribution in [0.15, 0.2) is 60.7 Å². The van der Waals surface area contributed by atoms with Gasteiger partial charge in [-0.2, -0.15) is 0 Å². The molecule has 0 aliphatic carbocycles. The molecule has 4 heteroatoms. The Bertz CT molecular complexity index is 614. The quantitative estimate of drug-likeness (QED) is 0.698. The highest BCUT2D eigenvalue weighted by Gasteiger charge is 2.17. The summed E-state index contributed by atoms with van der Waals surface area (Å²) in [5, 5.41) is 12.7. The minimum absolute atomic E-state index is 0.0714. The number of amides is 1. The molecule has 128 valence electrons. The number of nitrogens with one attached hydrogen (secondary N) is 1. The van der Waals surface area contributed by atoms with E-state index in [9.17, 15) is 9.90 Å². The van der Waals surface area contributed by atoms with Crippen LogP contribution in [0.4, 0.5) is 0 Å². The first kappa shape index (κ1) is 18.2. The Morgan fingerprint density at radius 1 is 1.04 bits per heavy atom. The maximum atomic E-state index is 12.2. The molecule has 3 atom stereocenters. The largest absolute Gasteiger partial charge is 0.393 e. The highest BCUT2D eigenvalue weighted by atomic mass is 16.3. The van der Waals surface area contributed by atoms with E-state index in [-0.39, 0.29) is 24.3 Å². The van der Waals surface area contributed by atoms with Gasteiger partial charge in [-0.15, -0.1) is 0 Å². The lowest BCUT2D eigenvalue weighted by atomic mass is 9.93. The standard InChI is InChI=1S/C20H26N2O2/c1-15(23)12-18(16-8-4-2-5-9-16)14-22-20(24)13-19(21)17-10-6-3-7-11-17/h2-11,15,18-19,23H,12-14,21H2,1H3,(H,22,24). The van der Waals surface area contributed by atoms with Gasteiger partial charge in [0.25, 0.3) is 0 Å². The fourth-order valence-corrected chi connectivity index (χ4v) is 2.80. The molecule has 4 nitrogen and oxygen atoms in total. The average Bonchev–Trinajstić information content (AvgIpc) is 2.59. The second-order valence-corrected chi connectivity index (χ2v) is 6.22. The van der Waals surface area contributed by atoms with Crippen molar-refractivity contribution in [3.8, 4) is 0 Å². The SMILES string of the molecule is CC(O)CC(CNC(=O)CC(N)c1ccccc1)c1ccccc1. The highest BCUT2D eigenvalue weighted by molar-refractivity contribution is 5.76. The van der Waals surface area contributed by atoms with Gasteiger partial charge in [-0.3, -0.25) is 4.79 Å². The lowest BCUT2D eigenvalue weighted by Gasteiger charge is -2.20. The second kappa shape index (κ2) is 9.21. The van der Waals surface area contributed by atoms with Crippen molar-refractivity contribution in [2.24, 2.45) is 5.73 Å². The molecular weight excluding hydrogens is 300 g/mol. The molecule has 2 rings (SSSR count). The van der Waals surface area contributed by atoms with Crippen LogP contribution in [0.25, 0.3) is 0 Å². The first-order valence-corrected chi connectivity index (χ1v) is 8.36. The van der Waals surface area contributed by atoms with Crippen LogP contribution >= 0.6 is 0 Å². The zero-order valence-corrected chi connectivity index (χ0v) is 14.1. The normalized spacial score (nSPS) is 14.6. The molecule has 0 aliphatic rings. The summed E-state index contributed by atoms with van der Waals surface area (Å²) in [4.78, 5) is 12.2. The van der Waals surface area contributed by atoms with E-state index in [0.29, 0.717) is 13.0 Å². The van der Waals surface area contributed by atoms with Gasteiger partial charge < -0.3 is 16.2 Å². The van der Waals surface area contributed by atoms with Crippen LogP contribution < -0.4 is 11.1 Å². The second-order valence-electron chi connectivity index (χ2n) is 6.22. The number of hydrogen-bond donors (Lipinski definition) is 3. The van der Waals surface area contributed by atoms with Crippen molar-refractivity contribution in [2.45, 2.75) is 37.8 Å². The van der Waals surface area contributed by atoms with Crippen molar-refractivity contribution in [1.82, 2.24) is 5.32 Å². The number of hydrogen-bond acceptors (Lipinski definition) is 3. The van der Waals surface area contributed by atoms with E-state index in [1.807, 2.05) is 60.7 Å². The molecule has 0 aromatic heterocycles. The number of carbonyl (C=O) groups is 1. The van der Waals surface area contributed by atoms with Gasteiger partial charge in [0.05, 0.1) is 6.10 Å². The molecule has 0 saturated carbocycles. The van der Waals surface area contributed by atoms with Crippen LogP contribution in [0.2, 0.25) is 0 Å². The number of rotatable bonds is 8. The topological polar surface area (TPSA) is 75.3 Å². The number of aliphatic hydroxyl groups is 1. The van der Waals surface area contributed by atoms with Crippen LogP contribution in [0.5, 0.6) is 0 Å². The van der Waals surface area contributed by atoms with Crippen molar-refractivity contribution in [3.05, 3.63) is 71.8 Å². The maximum Gasteiger partial charge on any atom is 0.221 e. The summed E-state index contributed by atoms with van der Waals surface area (Å²) in [6, 6.07) is 19.3. The summed E-state index contributed by atoms with van der Waals surface area (Å²) < 4.78 is 0. The van der Waals surface area contributed by atoms with Gasteiger partial charge in [0, 0.05) is 24.9 Å². The maximum absolute atomic E-state index is 12.2. The van der Waals surface area contributed by atoms with Crippen LogP contribution in [-0.2, 0) is 4.79 Å². The Hall–Kier alpha value is -2.17. The minimum Gasteiger partial charge on any atom is -0.393 e. The van der Waals surface area contributed by atoms with E-state index in [1.54, 1.807) is 6.92 Å². The summed E-state index contributed by atoms with van der Waals surface area (Å²) in [5.41, 5.74) is 8.16. The van der Waals surface area contributed by atoms with Crippen LogP contribution in [0.1, 0.15) is 42.9 Å². The molecule has 3 unspecified atom stereocenters. The molecule has 0 radical (unpaired) electrons. The van der Waals surface area contributed by atoms with Gasteiger partial charge in [-0.1, -0.05) is 60.7 Å². The first-order chi connectivity index (χ1) is 11.6. The fourth-order valence-electron chi connectivity index (χ4n) is 2.80. The number of nitrogens with two attached hydrogens (primary N) is 1. The smallest absolute Gasteiger partial charge is 0.221 e. The number of benzene rings is 2. The third-order valence-corrected chi connectivity index (χ3v) is 4.08. The van der Waals surface area contributed by atoms with Gasteiger partial charge in [-0.25, -0.2) is 0 Å². The Morgan fingerprint density at radius 2 is 1.58 bits per heavy atom. The summed E-state index contributed by atoms with van der Waals surface area (Å²) >= 11 is 0. The van der Waals surface area contributed by atoms with Gasteiger partial charge in [-0.05, 0) is 24.5 Å². The number of aliphatic hydroxyl groups excluding tert-OH is 1. The van der Waals surface area contributed by atoms with Crippen molar-refractivity contribution in [3.63, 3.8) is 0 Å². The van der Waals surface area contributed by atoms with E-state index < -0.39 is 6.10 Å². The zero-order valence-electron chi connectivity index (χ0n) is 14.1. The fraction of sp³-hybridized carbons (Fsp3) is 0.350. The molecular formula is C20H26N2O2. The molecule has 4 N–H and O–H groups in total. The van der Waals surface area contributed by atoms with E-state index in [2.05, 4.69) is 5.32 Å². The van der Waals surface area contributed by atoms with Crippen molar-refractivity contribution >= 4 is 5.91 Å². The average molecular weight is 326 g/mol. The predicted octanol–water partition coefficient (Wildman–Crippen LogP) is 2.75. The van der Waals surface area contributed by atoms with Gasteiger partial charge in [0.15, 0.2) is 0 Å². The van der Waals surface area contributed by atoms with E-state index in [4.69, 9.17) is 5.73 Å². The Morgan fingerprint density at radius 3 is 2.12 bits per heavy atom. The monoisotopic (exact) mass is 326 g/mol. The Balaban J connectivity index is 1.90. The van der Waals surface area contributed by atoms with Crippen molar-refractivity contribution < 1.29 is 9.90 Å². The third kappa shape index (κ3) is 5.80. The molecule has 0 saturated heterocycles. The third-order valence-electron chi connectivity index (χ3n) is 4.08. The van der Waals surface area contributed by atoms with E-state index in [0.717, 1.165) is 11.1 Å². The highest BCUT2D eigenvalue weighted by Crippen LogP contribution is 2.21. The van der Waals surface area contributed by atoms with Gasteiger partial charge in [0.2, 0.25) is 5.91 Å². The first-order valence-electron chi connectivity index (χ1n) is 8.36. The lowest BCUT2D eigenvalue weighted by Crippen LogP contribution is -2.32. The molecule has 0 fully saturated rings. The molecule has 1 amide bonds. The Kier molecular flexibility index (Phi) is 6.97. The molecule has 0 aliphatic heterocycles. The summed E-state index contributed by atoms with van der Waals surface area (Å²) in [7, 11) is 0. The van der Waals surface area contributed by atoms with Crippen LogP contribution in [-0.4, -0.2) is 23.7 Å². The minimum atomic E-state index is -0.418. The molecule has 2 aromatic rings. The van der Waals surface area contributed by atoms with Crippen LogP contribution in [0.3, 0.4) is 0 Å². The zero-order chi connectivity index (χ0) is 17.4. The molecule has 24 heavy (non-hydrogen) atoms. The van der Waals surface area contributed by atoms with Crippen LogP contribution in [0, 0.1) is 0 Å². The summed E-state index contributed by atoms with van der Waals surface area (Å²) in [5.74, 6) is 0.0148. The predicted molar refractivity (Wildman–Crippen MR) is 96.5 cm³/mol. The lowest BCUT2D eigenvalue weighted by molar-refractivity contribution is -0.121. The summed E-state index contributed by atoms with van der Waals surface area (Å²) in [6.07, 6.45) is 0.438. The molecule has 2 aromatic carbocycles. The molecule has 0 spiro atoms. The van der Waals surface area contributed by atoms with E-state index in [1.165, 1.54) is 0 Å². The molecule has 0 bridgehead atoms. The molecule has 0 heterocycles. The van der Waals surface area contributed by atoms with Gasteiger partial charge in [0.1, 0.15) is 0 Å². The number of carbonyl (C=O) groups excluding carboxylic acids is 1. The van der Waals surface area contributed by atoms with Crippen molar-refractivity contribution in [1.29, 1.82) is 0 Å².